The van der Waals surface area contributed by atoms with E-state index in [1.54, 1.807) is 43.3 Å². The standard InChI is InChI=1S/C18H25N3O5S/c1-20(11-16(22)19-13-4-6-14(25-2)7-5-13)12-17(23)21-8-9-27-15(10-21)18(24)26-3/h4-7,15H,8-12H2,1-3H3,(H,19,22)/p+1/t15-/m1/s1. The van der Waals surface area contributed by atoms with E-state index < -0.39 is 0 Å². The predicted molar refractivity (Wildman–Crippen MR) is 103 cm³/mol. The van der Waals surface area contributed by atoms with Gasteiger partial charge in [0.1, 0.15) is 11.0 Å². The summed E-state index contributed by atoms with van der Waals surface area (Å²) < 4.78 is 9.84. The molecule has 1 aliphatic heterocycles. The monoisotopic (exact) mass is 396 g/mol. The summed E-state index contributed by atoms with van der Waals surface area (Å²) >= 11 is 1.50. The number of carbonyl (C=O) groups excluding carboxylic acids is 3. The Kier molecular flexibility index (Phi) is 7.93. The fraction of sp³-hybridized carbons (Fsp3) is 0.500. The van der Waals surface area contributed by atoms with Gasteiger partial charge in [-0.1, -0.05) is 0 Å². The third kappa shape index (κ3) is 6.44. The van der Waals surface area contributed by atoms with E-state index in [9.17, 15) is 14.4 Å². The quantitative estimate of drug-likeness (QED) is 0.591. The summed E-state index contributed by atoms with van der Waals surface area (Å²) in [5, 5.41) is 2.46. The van der Waals surface area contributed by atoms with Crippen molar-refractivity contribution in [3.63, 3.8) is 0 Å². The Bertz CT molecular complexity index is 667. The van der Waals surface area contributed by atoms with Crippen LogP contribution in [0.15, 0.2) is 24.3 Å². The van der Waals surface area contributed by atoms with E-state index in [0.29, 0.717) is 30.3 Å². The summed E-state index contributed by atoms with van der Waals surface area (Å²) in [7, 11) is 4.72. The molecule has 0 spiro atoms. The van der Waals surface area contributed by atoms with Crippen LogP contribution in [0.1, 0.15) is 0 Å². The largest absolute Gasteiger partial charge is 0.497 e. The van der Waals surface area contributed by atoms with Gasteiger partial charge in [0.05, 0.1) is 21.3 Å². The summed E-state index contributed by atoms with van der Waals surface area (Å²) in [6, 6.07) is 7.05. The van der Waals surface area contributed by atoms with Crippen molar-refractivity contribution in [2.24, 2.45) is 0 Å². The van der Waals surface area contributed by atoms with E-state index in [2.05, 4.69) is 5.32 Å². The Balaban J connectivity index is 1.79. The molecule has 1 saturated heterocycles. The van der Waals surface area contributed by atoms with Crippen LogP contribution in [0.4, 0.5) is 5.69 Å². The summed E-state index contributed by atoms with van der Waals surface area (Å²) in [6.45, 7) is 1.30. The van der Waals surface area contributed by atoms with Gasteiger partial charge in [-0.25, -0.2) is 0 Å². The zero-order valence-electron chi connectivity index (χ0n) is 15.8. The van der Waals surface area contributed by atoms with Crippen LogP contribution in [-0.2, 0) is 19.1 Å². The van der Waals surface area contributed by atoms with Crippen molar-refractivity contribution in [2.75, 3.05) is 58.5 Å². The molecule has 1 aromatic rings. The summed E-state index contributed by atoms with van der Waals surface area (Å²) in [5.74, 6) is 0.858. The highest BCUT2D eigenvalue weighted by molar-refractivity contribution is 8.00. The molecule has 2 amide bonds. The van der Waals surface area contributed by atoms with Crippen LogP contribution in [0.25, 0.3) is 0 Å². The molecule has 27 heavy (non-hydrogen) atoms. The van der Waals surface area contributed by atoms with E-state index in [1.165, 1.54) is 18.9 Å². The number of thioether (sulfide) groups is 1. The number of rotatable bonds is 7. The number of amides is 2. The number of esters is 1. The Morgan fingerprint density at radius 2 is 1.93 bits per heavy atom. The maximum Gasteiger partial charge on any atom is 0.320 e. The van der Waals surface area contributed by atoms with E-state index in [4.69, 9.17) is 9.47 Å². The second-order valence-electron chi connectivity index (χ2n) is 6.31. The second-order valence-corrected chi connectivity index (χ2v) is 7.62. The number of likely N-dealkylation sites (N-methyl/N-ethyl adjacent to an activating group) is 1. The molecular weight excluding hydrogens is 370 g/mol. The number of methoxy groups -OCH3 is 2. The first-order valence-corrected chi connectivity index (χ1v) is 9.70. The molecule has 9 heteroatoms. The van der Waals surface area contributed by atoms with Gasteiger partial charge in [-0.2, -0.15) is 0 Å². The zero-order chi connectivity index (χ0) is 19.8. The first kappa shape index (κ1) is 21.0. The first-order valence-electron chi connectivity index (χ1n) is 8.65. The van der Waals surface area contributed by atoms with E-state index >= 15 is 0 Å². The van der Waals surface area contributed by atoms with Gasteiger partial charge in [-0.3, -0.25) is 14.4 Å². The molecule has 0 radical (unpaired) electrons. The molecular formula is C18H26N3O5S+. The molecule has 2 rings (SSSR count). The van der Waals surface area contributed by atoms with Gasteiger partial charge in [0.15, 0.2) is 13.1 Å². The average Bonchev–Trinajstić information content (AvgIpc) is 2.67. The molecule has 1 aromatic carbocycles. The number of quaternary nitrogens is 1. The molecule has 148 valence electrons. The van der Waals surface area contributed by atoms with E-state index in [-0.39, 0.29) is 36.1 Å². The highest BCUT2D eigenvalue weighted by Crippen LogP contribution is 2.19. The van der Waals surface area contributed by atoms with Crippen molar-refractivity contribution in [2.45, 2.75) is 5.25 Å². The minimum Gasteiger partial charge on any atom is -0.497 e. The van der Waals surface area contributed by atoms with Crippen LogP contribution in [0.2, 0.25) is 0 Å². The van der Waals surface area contributed by atoms with Gasteiger partial charge >= 0.3 is 5.97 Å². The molecule has 0 saturated carbocycles. The van der Waals surface area contributed by atoms with E-state index in [0.717, 1.165) is 4.90 Å². The molecule has 1 aliphatic rings. The third-order valence-corrected chi connectivity index (χ3v) is 5.33. The van der Waals surface area contributed by atoms with Crippen LogP contribution in [-0.4, -0.2) is 81.1 Å². The minimum atomic E-state index is -0.341. The highest BCUT2D eigenvalue weighted by Gasteiger charge is 2.30. The fourth-order valence-electron chi connectivity index (χ4n) is 2.74. The lowest BCUT2D eigenvalue weighted by Crippen LogP contribution is -3.11. The van der Waals surface area contributed by atoms with Crippen molar-refractivity contribution in [1.29, 1.82) is 0 Å². The Morgan fingerprint density at radius 3 is 2.56 bits per heavy atom. The molecule has 2 N–H and O–H groups in total. The normalized spacial score (nSPS) is 17.7. The number of benzene rings is 1. The number of hydrogen-bond acceptors (Lipinski definition) is 6. The number of hydrogen-bond donors (Lipinski definition) is 2. The SMILES string of the molecule is COC(=O)[C@H]1CN(C(=O)C[NH+](C)CC(=O)Nc2ccc(OC)cc2)CCS1. The molecule has 0 bridgehead atoms. The first-order chi connectivity index (χ1) is 12.9. The van der Waals surface area contributed by atoms with Crippen LogP contribution >= 0.6 is 11.8 Å². The Hall–Kier alpha value is -2.26. The minimum absolute atomic E-state index is 0.0704. The lowest BCUT2D eigenvalue weighted by molar-refractivity contribution is -0.862. The Morgan fingerprint density at radius 1 is 1.22 bits per heavy atom. The zero-order valence-corrected chi connectivity index (χ0v) is 16.6. The number of anilines is 1. The molecule has 8 nitrogen and oxygen atoms in total. The number of nitrogens with one attached hydrogen (secondary N) is 2. The van der Waals surface area contributed by atoms with Gasteiger partial charge in [-0.05, 0) is 24.3 Å². The van der Waals surface area contributed by atoms with Gasteiger partial charge < -0.3 is 24.6 Å². The summed E-state index contributed by atoms with van der Waals surface area (Å²) in [5.41, 5.74) is 0.675. The maximum absolute atomic E-state index is 12.5. The third-order valence-electron chi connectivity index (χ3n) is 4.17. The average molecular weight is 396 g/mol. The molecule has 1 unspecified atom stereocenters. The van der Waals surface area contributed by atoms with Gasteiger partial charge in [0, 0.05) is 24.5 Å². The topological polar surface area (TPSA) is 89.4 Å². The van der Waals surface area contributed by atoms with Gasteiger partial charge in [-0.15, -0.1) is 11.8 Å². The van der Waals surface area contributed by atoms with Crippen molar-refractivity contribution in [3.8, 4) is 5.75 Å². The van der Waals surface area contributed by atoms with Crippen LogP contribution in [0.3, 0.4) is 0 Å². The van der Waals surface area contributed by atoms with Crippen LogP contribution < -0.4 is 15.0 Å². The summed E-state index contributed by atoms with van der Waals surface area (Å²) in [4.78, 5) is 38.8. The number of ether oxygens (including phenoxy) is 2. The molecule has 1 heterocycles. The van der Waals surface area contributed by atoms with Crippen molar-refractivity contribution in [1.82, 2.24) is 4.90 Å². The van der Waals surface area contributed by atoms with Crippen molar-refractivity contribution >= 4 is 35.2 Å². The fourth-order valence-corrected chi connectivity index (χ4v) is 3.86. The summed E-state index contributed by atoms with van der Waals surface area (Å²) in [6.07, 6.45) is 0. The van der Waals surface area contributed by atoms with Crippen molar-refractivity contribution < 1.29 is 28.8 Å². The Labute approximate surface area is 163 Å². The lowest BCUT2D eigenvalue weighted by Gasteiger charge is -2.31. The number of carbonyl (C=O) groups is 3. The second kappa shape index (κ2) is 10.2. The van der Waals surface area contributed by atoms with Gasteiger partial charge in [0.25, 0.3) is 11.8 Å². The van der Waals surface area contributed by atoms with Crippen molar-refractivity contribution in [3.05, 3.63) is 24.3 Å². The maximum atomic E-state index is 12.5. The molecule has 2 atom stereocenters. The van der Waals surface area contributed by atoms with E-state index in [1.807, 2.05) is 0 Å². The van der Waals surface area contributed by atoms with Gasteiger partial charge in [0.2, 0.25) is 0 Å². The molecule has 0 aromatic heterocycles. The number of nitrogens with zero attached hydrogens (tertiary/aromatic N) is 1. The predicted octanol–water partition coefficient (Wildman–Crippen LogP) is -0.735. The smallest absolute Gasteiger partial charge is 0.320 e. The highest BCUT2D eigenvalue weighted by atomic mass is 32.2. The van der Waals surface area contributed by atoms with Crippen LogP contribution in [0, 0.1) is 0 Å². The lowest BCUT2D eigenvalue weighted by atomic mass is 10.3. The van der Waals surface area contributed by atoms with Crippen LogP contribution in [0.5, 0.6) is 5.75 Å². The molecule has 1 fully saturated rings. The molecule has 0 aliphatic carbocycles.